The number of hydrogen-bond donors (Lipinski definition) is 0. The highest BCUT2D eigenvalue weighted by atomic mass is 35.5. The van der Waals surface area contributed by atoms with Crippen LogP contribution in [0.3, 0.4) is 0 Å². The minimum absolute atomic E-state index is 0.0766. The summed E-state index contributed by atoms with van der Waals surface area (Å²) in [5, 5.41) is 8.86. The number of benzene rings is 1. The van der Waals surface area contributed by atoms with Crippen LogP contribution >= 0.6 is 23.2 Å². The van der Waals surface area contributed by atoms with Crippen LogP contribution in [-0.4, -0.2) is 46.2 Å². The van der Waals surface area contributed by atoms with Gasteiger partial charge in [0.05, 0.1) is 17.0 Å². The third-order valence-electron chi connectivity index (χ3n) is 5.09. The Bertz CT molecular complexity index is 668. The maximum Gasteiger partial charge on any atom is 0.231 e. The van der Waals surface area contributed by atoms with Crippen molar-refractivity contribution in [2.24, 2.45) is 5.41 Å². The third kappa shape index (κ3) is 3.39. The van der Waals surface area contributed by atoms with Crippen LogP contribution in [0, 0.1) is 16.7 Å². The first-order valence-electron chi connectivity index (χ1n) is 8.24. The molecule has 1 amide bonds. The topological polar surface area (TPSA) is 47.3 Å². The van der Waals surface area contributed by atoms with Gasteiger partial charge < -0.3 is 4.90 Å². The van der Waals surface area contributed by atoms with E-state index in [0.29, 0.717) is 18.5 Å². The Morgan fingerprint density at radius 1 is 1.21 bits per heavy atom. The molecule has 0 N–H and O–H groups in total. The van der Waals surface area contributed by atoms with Crippen LogP contribution in [0.4, 0.5) is 0 Å². The van der Waals surface area contributed by atoms with E-state index in [1.54, 1.807) is 0 Å². The number of nitriles is 1. The molecule has 1 unspecified atom stereocenters. The van der Waals surface area contributed by atoms with Crippen molar-refractivity contribution >= 4 is 29.1 Å². The van der Waals surface area contributed by atoms with Crippen molar-refractivity contribution in [2.45, 2.75) is 30.6 Å². The van der Waals surface area contributed by atoms with Crippen LogP contribution in [0.15, 0.2) is 24.3 Å². The van der Waals surface area contributed by atoms with E-state index in [9.17, 15) is 4.79 Å². The number of amides is 1. The van der Waals surface area contributed by atoms with Crippen LogP contribution in [0.25, 0.3) is 0 Å². The monoisotopic (exact) mass is 365 g/mol. The smallest absolute Gasteiger partial charge is 0.231 e. The predicted octanol–water partition coefficient (Wildman–Crippen LogP) is 3.18. The van der Waals surface area contributed by atoms with Crippen LogP contribution in [0.2, 0.25) is 0 Å². The molecule has 4 nitrogen and oxygen atoms in total. The minimum atomic E-state index is -0.904. The summed E-state index contributed by atoms with van der Waals surface area (Å²) in [6.07, 6.45) is 1.48. The van der Waals surface area contributed by atoms with Gasteiger partial charge in [-0.2, -0.15) is 5.26 Å². The van der Waals surface area contributed by atoms with Gasteiger partial charge >= 0.3 is 0 Å². The van der Waals surface area contributed by atoms with Crippen molar-refractivity contribution in [1.82, 2.24) is 9.80 Å². The molecule has 0 aromatic heterocycles. The first kappa shape index (κ1) is 17.5. The summed E-state index contributed by atoms with van der Waals surface area (Å²) in [6.45, 7) is 5.93. The Morgan fingerprint density at radius 3 is 2.46 bits per heavy atom. The number of carbonyl (C=O) groups is 1. The molecule has 0 spiro atoms. The lowest BCUT2D eigenvalue weighted by atomic mass is 10.1. The fourth-order valence-electron chi connectivity index (χ4n) is 3.26. The average molecular weight is 366 g/mol. The molecule has 24 heavy (non-hydrogen) atoms. The molecule has 1 atom stereocenters. The number of halogens is 2. The van der Waals surface area contributed by atoms with Gasteiger partial charge in [-0.1, -0.05) is 12.1 Å². The molecule has 128 valence electrons. The average Bonchev–Trinajstić information content (AvgIpc) is 3.17. The third-order valence-corrected chi connectivity index (χ3v) is 6.20. The quantitative estimate of drug-likeness (QED) is 0.772. The Balaban J connectivity index is 1.57. The number of rotatable bonds is 3. The molecule has 1 aliphatic carbocycles. The van der Waals surface area contributed by atoms with E-state index < -0.39 is 9.75 Å². The predicted molar refractivity (Wildman–Crippen MR) is 94.8 cm³/mol. The largest absolute Gasteiger partial charge is 0.341 e. The highest BCUT2D eigenvalue weighted by Crippen LogP contribution is 2.64. The van der Waals surface area contributed by atoms with Crippen LogP contribution in [0.5, 0.6) is 0 Å². The molecule has 2 fully saturated rings. The normalized spacial score (nSPS) is 26.5. The Morgan fingerprint density at radius 2 is 1.88 bits per heavy atom. The Kier molecular flexibility index (Phi) is 4.79. The highest BCUT2D eigenvalue weighted by Gasteiger charge is 2.68. The van der Waals surface area contributed by atoms with Gasteiger partial charge in [-0.15, -0.1) is 23.2 Å². The molecule has 1 aliphatic heterocycles. The molecule has 0 bridgehead atoms. The Hall–Kier alpha value is -1.28. The standard InChI is InChI=1S/C18H21Cl2N3O/c1-17(13-18(17,19)20)16(24)23-8-2-7-22(9-10-23)12-15-5-3-14(11-21)4-6-15/h3-6H,2,7-10,12-13H2,1H3. The second-order valence-electron chi connectivity index (χ2n) is 6.94. The van der Waals surface area contributed by atoms with Crippen molar-refractivity contribution in [3.8, 4) is 6.07 Å². The zero-order valence-corrected chi connectivity index (χ0v) is 15.3. The lowest BCUT2D eigenvalue weighted by molar-refractivity contribution is -0.136. The first-order chi connectivity index (χ1) is 11.4. The fourth-order valence-corrected chi connectivity index (χ4v) is 3.95. The van der Waals surface area contributed by atoms with Gasteiger partial charge in [0.2, 0.25) is 5.91 Å². The Labute approximate surface area is 152 Å². The molecule has 1 aromatic carbocycles. The molecular weight excluding hydrogens is 345 g/mol. The van der Waals surface area contributed by atoms with E-state index in [2.05, 4.69) is 11.0 Å². The van der Waals surface area contributed by atoms with Crippen molar-refractivity contribution in [3.63, 3.8) is 0 Å². The summed E-state index contributed by atoms with van der Waals surface area (Å²) in [5.74, 6) is 0.0766. The summed E-state index contributed by atoms with van der Waals surface area (Å²) >= 11 is 12.3. The number of hydrogen-bond acceptors (Lipinski definition) is 3. The van der Waals surface area contributed by atoms with E-state index in [1.807, 2.05) is 36.1 Å². The molecular formula is C18H21Cl2N3O. The van der Waals surface area contributed by atoms with E-state index in [1.165, 1.54) is 5.56 Å². The number of carbonyl (C=O) groups excluding carboxylic acids is 1. The van der Waals surface area contributed by atoms with E-state index in [-0.39, 0.29) is 5.91 Å². The molecule has 2 aliphatic rings. The van der Waals surface area contributed by atoms with Crippen molar-refractivity contribution in [1.29, 1.82) is 5.26 Å². The number of alkyl halides is 2. The van der Waals surface area contributed by atoms with Crippen molar-refractivity contribution in [2.75, 3.05) is 26.2 Å². The summed E-state index contributed by atoms with van der Waals surface area (Å²) in [4.78, 5) is 16.9. The van der Waals surface area contributed by atoms with Crippen LogP contribution in [-0.2, 0) is 11.3 Å². The molecule has 1 saturated heterocycles. The van der Waals surface area contributed by atoms with Crippen molar-refractivity contribution in [3.05, 3.63) is 35.4 Å². The number of nitrogens with zero attached hydrogens (tertiary/aromatic N) is 3. The summed E-state index contributed by atoms with van der Waals surface area (Å²) in [7, 11) is 0. The molecule has 1 aromatic rings. The van der Waals surface area contributed by atoms with Gasteiger partial charge in [0.25, 0.3) is 0 Å². The van der Waals surface area contributed by atoms with Gasteiger partial charge in [0, 0.05) is 32.7 Å². The van der Waals surface area contributed by atoms with E-state index in [4.69, 9.17) is 28.5 Å². The lowest BCUT2D eigenvalue weighted by Gasteiger charge is -2.25. The minimum Gasteiger partial charge on any atom is -0.341 e. The lowest BCUT2D eigenvalue weighted by Crippen LogP contribution is -2.40. The van der Waals surface area contributed by atoms with Crippen molar-refractivity contribution < 1.29 is 4.79 Å². The molecule has 0 radical (unpaired) electrons. The molecule has 3 rings (SSSR count). The zero-order chi connectivity index (χ0) is 17.4. The van der Waals surface area contributed by atoms with Gasteiger partial charge in [-0.3, -0.25) is 9.69 Å². The summed E-state index contributed by atoms with van der Waals surface area (Å²) in [5.41, 5.74) is 1.23. The van der Waals surface area contributed by atoms with Crippen LogP contribution in [0.1, 0.15) is 30.9 Å². The first-order valence-corrected chi connectivity index (χ1v) is 9.00. The molecule has 6 heteroatoms. The van der Waals surface area contributed by atoms with Gasteiger partial charge in [-0.25, -0.2) is 0 Å². The van der Waals surface area contributed by atoms with E-state index in [0.717, 1.165) is 32.6 Å². The van der Waals surface area contributed by atoms with Gasteiger partial charge in [-0.05, 0) is 37.5 Å². The summed E-state index contributed by atoms with van der Waals surface area (Å²) in [6, 6.07) is 9.81. The van der Waals surface area contributed by atoms with Gasteiger partial charge in [0.15, 0.2) is 0 Å². The van der Waals surface area contributed by atoms with E-state index >= 15 is 0 Å². The fraction of sp³-hybridized carbons (Fsp3) is 0.556. The second-order valence-corrected chi connectivity index (χ2v) is 8.43. The highest BCUT2D eigenvalue weighted by molar-refractivity contribution is 6.53. The maximum atomic E-state index is 12.7. The summed E-state index contributed by atoms with van der Waals surface area (Å²) < 4.78 is -0.904. The van der Waals surface area contributed by atoms with Crippen LogP contribution < -0.4 is 0 Å². The maximum absolute atomic E-state index is 12.7. The molecule has 1 heterocycles. The SMILES string of the molecule is CC1(C(=O)N2CCCN(Cc3ccc(C#N)cc3)CC2)CC1(Cl)Cl. The zero-order valence-electron chi connectivity index (χ0n) is 13.8. The second kappa shape index (κ2) is 6.55. The molecule has 1 saturated carbocycles. The van der Waals surface area contributed by atoms with Gasteiger partial charge in [0.1, 0.15) is 4.33 Å².